The molecule has 0 aliphatic rings. The van der Waals surface area contributed by atoms with Gasteiger partial charge in [0.1, 0.15) is 6.54 Å². The van der Waals surface area contributed by atoms with Crippen molar-refractivity contribution < 1.29 is 8.94 Å². The van der Waals surface area contributed by atoms with E-state index in [4.69, 9.17) is 8.94 Å². The maximum atomic E-state index is 11.9. The lowest BCUT2D eigenvalue weighted by molar-refractivity contribution is 0.365. The second-order valence-corrected chi connectivity index (χ2v) is 6.80. The summed E-state index contributed by atoms with van der Waals surface area (Å²) in [5, 5.41) is 12.0. The zero-order valence-corrected chi connectivity index (χ0v) is 14.2. The molecule has 0 saturated carbocycles. The molecule has 24 heavy (non-hydrogen) atoms. The van der Waals surface area contributed by atoms with E-state index in [2.05, 4.69) is 15.4 Å². The molecular weight excluding hydrogens is 308 g/mol. The highest BCUT2D eigenvalue weighted by Crippen LogP contribution is 2.19. The van der Waals surface area contributed by atoms with E-state index in [1.54, 1.807) is 0 Å². The van der Waals surface area contributed by atoms with E-state index in [-0.39, 0.29) is 12.0 Å². The Kier molecular flexibility index (Phi) is 4.09. The summed E-state index contributed by atoms with van der Waals surface area (Å²) in [4.78, 5) is 11.9. The fourth-order valence-electron chi connectivity index (χ4n) is 2.48. The molecule has 7 heteroatoms. The highest BCUT2D eigenvalue weighted by molar-refractivity contribution is 5.27. The highest BCUT2D eigenvalue weighted by atomic mass is 16.5. The van der Waals surface area contributed by atoms with Crippen LogP contribution in [-0.2, 0) is 18.4 Å². The van der Waals surface area contributed by atoms with Crippen LogP contribution in [0, 0.1) is 6.92 Å². The molecular formula is C17H20N4O3. The van der Waals surface area contributed by atoms with Crippen molar-refractivity contribution in [2.24, 2.45) is 0 Å². The molecule has 1 aromatic carbocycles. The first-order valence-electron chi connectivity index (χ1n) is 7.77. The van der Waals surface area contributed by atoms with Crippen LogP contribution in [-0.4, -0.2) is 19.9 Å². The lowest BCUT2D eigenvalue weighted by Crippen LogP contribution is -2.25. The summed E-state index contributed by atoms with van der Waals surface area (Å²) >= 11 is 0. The second-order valence-electron chi connectivity index (χ2n) is 6.80. The third kappa shape index (κ3) is 3.29. The van der Waals surface area contributed by atoms with Gasteiger partial charge in [-0.15, -0.1) is 10.2 Å². The number of aryl methyl sites for hydroxylation is 1. The number of rotatable bonds is 4. The van der Waals surface area contributed by atoms with Gasteiger partial charge in [0, 0.05) is 5.41 Å². The van der Waals surface area contributed by atoms with Crippen molar-refractivity contribution in [3.63, 3.8) is 0 Å². The molecule has 0 radical (unpaired) electrons. The van der Waals surface area contributed by atoms with Crippen LogP contribution in [0.2, 0.25) is 0 Å². The minimum atomic E-state index is -0.529. The number of nitrogens with zero attached hydrogens (tertiary/aromatic N) is 4. The molecule has 126 valence electrons. The van der Waals surface area contributed by atoms with Gasteiger partial charge in [-0.05, 0) is 18.1 Å². The minimum absolute atomic E-state index is 0.149. The number of hydrogen-bond donors (Lipinski definition) is 0. The zero-order chi connectivity index (χ0) is 17.3. The van der Waals surface area contributed by atoms with Gasteiger partial charge >= 0.3 is 5.76 Å². The van der Waals surface area contributed by atoms with Crippen molar-refractivity contribution in [2.45, 2.75) is 46.1 Å². The number of benzene rings is 1. The zero-order valence-electron chi connectivity index (χ0n) is 14.2. The van der Waals surface area contributed by atoms with E-state index in [0.717, 1.165) is 5.56 Å². The van der Waals surface area contributed by atoms with Gasteiger partial charge in [0.25, 0.3) is 0 Å². The van der Waals surface area contributed by atoms with Crippen LogP contribution in [0.4, 0.5) is 0 Å². The highest BCUT2D eigenvalue weighted by Gasteiger charge is 2.25. The van der Waals surface area contributed by atoms with Crippen molar-refractivity contribution in [2.75, 3.05) is 0 Å². The molecule has 0 amide bonds. The van der Waals surface area contributed by atoms with Crippen LogP contribution in [0.1, 0.15) is 49.5 Å². The molecule has 0 saturated heterocycles. The SMILES string of the molecule is Cc1ccccc1Cc1nnc(Cn2c(C(C)(C)C)noc2=O)o1. The summed E-state index contributed by atoms with van der Waals surface area (Å²) < 4.78 is 11.9. The molecule has 3 rings (SSSR count). The molecule has 0 spiro atoms. The number of aromatic nitrogens is 4. The van der Waals surface area contributed by atoms with Gasteiger partial charge in [-0.2, -0.15) is 0 Å². The quantitative estimate of drug-likeness (QED) is 0.731. The summed E-state index contributed by atoms with van der Waals surface area (Å²) in [6.45, 7) is 8.06. The molecule has 3 aromatic rings. The average molecular weight is 328 g/mol. The first-order chi connectivity index (χ1) is 11.3. The van der Waals surface area contributed by atoms with Crippen LogP contribution in [0.5, 0.6) is 0 Å². The Morgan fingerprint density at radius 2 is 1.83 bits per heavy atom. The van der Waals surface area contributed by atoms with E-state index in [1.165, 1.54) is 10.1 Å². The maximum absolute atomic E-state index is 11.9. The fraction of sp³-hybridized carbons (Fsp3) is 0.412. The van der Waals surface area contributed by atoms with Crippen molar-refractivity contribution in [3.05, 3.63) is 63.5 Å². The third-order valence-corrected chi connectivity index (χ3v) is 3.76. The summed E-state index contributed by atoms with van der Waals surface area (Å²) in [5.41, 5.74) is 1.98. The Hall–Kier alpha value is -2.70. The monoisotopic (exact) mass is 328 g/mol. The van der Waals surface area contributed by atoms with Gasteiger partial charge in [0.2, 0.25) is 11.8 Å². The second kappa shape index (κ2) is 6.07. The summed E-state index contributed by atoms with van der Waals surface area (Å²) in [7, 11) is 0. The van der Waals surface area contributed by atoms with Crippen molar-refractivity contribution >= 4 is 0 Å². The Morgan fingerprint density at radius 3 is 2.54 bits per heavy atom. The van der Waals surface area contributed by atoms with Gasteiger partial charge in [0.05, 0.1) is 6.42 Å². The summed E-state index contributed by atoms with van der Waals surface area (Å²) in [5.74, 6) is 0.889. The predicted molar refractivity (Wildman–Crippen MR) is 86.8 cm³/mol. The molecule has 7 nitrogen and oxygen atoms in total. The van der Waals surface area contributed by atoms with Gasteiger partial charge in [-0.25, -0.2) is 4.79 Å². The largest absolute Gasteiger partial charge is 0.442 e. The standard InChI is InChI=1S/C17H20N4O3/c1-11-7-5-6-8-12(11)9-13-18-19-14(23-13)10-21-15(17(2,3)4)20-24-16(21)22/h5-8H,9-10H2,1-4H3. The minimum Gasteiger partial charge on any atom is -0.423 e. The van der Waals surface area contributed by atoms with Crippen LogP contribution >= 0.6 is 0 Å². The van der Waals surface area contributed by atoms with Crippen molar-refractivity contribution in [3.8, 4) is 0 Å². The van der Waals surface area contributed by atoms with Gasteiger partial charge < -0.3 is 4.42 Å². The Bertz CT molecular complexity index is 899. The normalized spacial score (nSPS) is 11.8. The molecule has 0 unspecified atom stereocenters. The predicted octanol–water partition coefficient (Wildman–Crippen LogP) is 2.46. The van der Waals surface area contributed by atoms with Gasteiger partial charge in [0.15, 0.2) is 5.82 Å². The van der Waals surface area contributed by atoms with E-state index < -0.39 is 5.76 Å². The van der Waals surface area contributed by atoms with Gasteiger partial charge in [-0.3, -0.25) is 9.09 Å². The Morgan fingerprint density at radius 1 is 1.12 bits per heavy atom. The maximum Gasteiger partial charge on any atom is 0.442 e. The average Bonchev–Trinajstić information content (AvgIpc) is 3.09. The molecule has 2 heterocycles. The van der Waals surface area contributed by atoms with Gasteiger partial charge in [-0.1, -0.05) is 50.2 Å². The molecule has 0 fully saturated rings. The van der Waals surface area contributed by atoms with E-state index in [0.29, 0.717) is 24.0 Å². The van der Waals surface area contributed by atoms with Crippen molar-refractivity contribution in [1.82, 2.24) is 19.9 Å². The van der Waals surface area contributed by atoms with E-state index >= 15 is 0 Å². The molecule has 2 aromatic heterocycles. The summed E-state index contributed by atoms with van der Waals surface area (Å²) in [6, 6.07) is 8.04. The Balaban J connectivity index is 1.82. The van der Waals surface area contributed by atoms with Crippen LogP contribution in [0.3, 0.4) is 0 Å². The lowest BCUT2D eigenvalue weighted by Gasteiger charge is -2.15. The topological polar surface area (TPSA) is 87.0 Å². The molecule has 0 N–H and O–H groups in total. The van der Waals surface area contributed by atoms with E-state index in [1.807, 2.05) is 52.0 Å². The summed E-state index contributed by atoms with van der Waals surface area (Å²) in [6.07, 6.45) is 0.560. The van der Waals surface area contributed by atoms with Crippen LogP contribution in [0.25, 0.3) is 0 Å². The van der Waals surface area contributed by atoms with Crippen LogP contribution in [0.15, 0.2) is 38.0 Å². The fourth-order valence-corrected chi connectivity index (χ4v) is 2.48. The molecule has 0 aliphatic heterocycles. The molecule has 0 bridgehead atoms. The first kappa shape index (κ1) is 16.2. The lowest BCUT2D eigenvalue weighted by atomic mass is 9.96. The van der Waals surface area contributed by atoms with Crippen molar-refractivity contribution in [1.29, 1.82) is 0 Å². The smallest absolute Gasteiger partial charge is 0.423 e. The first-order valence-corrected chi connectivity index (χ1v) is 7.77. The Labute approximate surface area is 139 Å². The van der Waals surface area contributed by atoms with E-state index in [9.17, 15) is 4.79 Å². The molecule has 0 aliphatic carbocycles. The molecule has 0 atom stereocenters. The number of hydrogen-bond acceptors (Lipinski definition) is 6. The third-order valence-electron chi connectivity index (χ3n) is 3.76. The van der Waals surface area contributed by atoms with Crippen LogP contribution < -0.4 is 5.76 Å².